The van der Waals surface area contributed by atoms with Crippen molar-refractivity contribution in [2.75, 3.05) is 19.6 Å². The van der Waals surface area contributed by atoms with Crippen molar-refractivity contribution >= 4 is 21.1 Å². The Bertz CT molecular complexity index is 1170. The van der Waals surface area contributed by atoms with Crippen molar-refractivity contribution < 1.29 is 8.42 Å². The highest BCUT2D eigenvalue weighted by Crippen LogP contribution is 2.36. The Morgan fingerprint density at radius 3 is 2.55 bits per heavy atom. The number of hydrogen-bond acceptors (Lipinski definition) is 7. The van der Waals surface area contributed by atoms with Crippen LogP contribution in [0.3, 0.4) is 0 Å². The van der Waals surface area contributed by atoms with Crippen molar-refractivity contribution in [3.63, 3.8) is 0 Å². The number of hydrogen-bond donors (Lipinski definition) is 0. The van der Waals surface area contributed by atoms with E-state index in [-0.39, 0.29) is 23.8 Å². The van der Waals surface area contributed by atoms with Crippen LogP contribution in [-0.2, 0) is 16.6 Å². The molecule has 3 aromatic rings. The van der Waals surface area contributed by atoms with Gasteiger partial charge in [-0.3, -0.25) is 14.9 Å². The van der Waals surface area contributed by atoms with Gasteiger partial charge in [0.2, 0.25) is 10.0 Å². The SMILES string of the molecule is CC(c1ccc2nccnc2c1)N1CCC2CN(Cc3ncccn3)S(=O)(=O)C2CC1. The summed E-state index contributed by atoms with van der Waals surface area (Å²) < 4.78 is 28.0. The normalized spacial score (nSPS) is 25.2. The van der Waals surface area contributed by atoms with Gasteiger partial charge in [-0.1, -0.05) is 6.07 Å². The second-order valence-electron chi connectivity index (χ2n) is 8.39. The van der Waals surface area contributed by atoms with Gasteiger partial charge in [0.25, 0.3) is 0 Å². The summed E-state index contributed by atoms with van der Waals surface area (Å²) in [4.78, 5) is 19.6. The van der Waals surface area contributed by atoms with Crippen LogP contribution >= 0.6 is 0 Å². The minimum absolute atomic E-state index is 0.147. The summed E-state index contributed by atoms with van der Waals surface area (Å²) in [5.41, 5.74) is 2.96. The lowest BCUT2D eigenvalue weighted by molar-refractivity contribution is 0.213. The average molecular weight is 439 g/mol. The van der Waals surface area contributed by atoms with Crippen LogP contribution in [0.15, 0.2) is 49.1 Å². The Morgan fingerprint density at radius 2 is 1.74 bits per heavy atom. The quantitative estimate of drug-likeness (QED) is 0.618. The molecule has 1 aromatic carbocycles. The van der Waals surface area contributed by atoms with Gasteiger partial charge in [0.1, 0.15) is 5.82 Å². The molecule has 0 spiro atoms. The van der Waals surface area contributed by atoms with Gasteiger partial charge < -0.3 is 0 Å². The summed E-state index contributed by atoms with van der Waals surface area (Å²) in [6.07, 6.45) is 8.24. The van der Waals surface area contributed by atoms with E-state index in [0.717, 1.165) is 30.5 Å². The van der Waals surface area contributed by atoms with E-state index in [1.54, 1.807) is 35.2 Å². The standard InChI is InChI=1S/C22H26N6O2S/c1-16(17-3-4-19-20(13-17)24-10-9-23-19)27-11-5-18-14-28(15-22-25-7-2-8-26-22)31(29,30)21(18)6-12-27/h2-4,7-10,13,16,18,21H,5-6,11-12,14-15H2,1H3. The van der Waals surface area contributed by atoms with Crippen LogP contribution in [0, 0.1) is 5.92 Å². The first-order valence-electron chi connectivity index (χ1n) is 10.7. The summed E-state index contributed by atoms with van der Waals surface area (Å²) in [5, 5.41) is -0.323. The van der Waals surface area contributed by atoms with Crippen molar-refractivity contribution in [3.05, 3.63) is 60.4 Å². The van der Waals surface area contributed by atoms with Crippen molar-refractivity contribution in [2.45, 2.75) is 37.6 Å². The molecule has 2 aromatic heterocycles. The van der Waals surface area contributed by atoms with Gasteiger partial charge in [-0.2, -0.15) is 4.31 Å². The van der Waals surface area contributed by atoms with E-state index in [9.17, 15) is 8.42 Å². The Balaban J connectivity index is 1.30. The molecule has 0 N–H and O–H groups in total. The molecule has 4 heterocycles. The largest absolute Gasteiger partial charge is 0.297 e. The Morgan fingerprint density at radius 1 is 1.00 bits per heavy atom. The maximum Gasteiger partial charge on any atom is 0.217 e. The third kappa shape index (κ3) is 3.93. The zero-order chi connectivity index (χ0) is 21.4. The molecule has 2 aliphatic rings. The van der Waals surface area contributed by atoms with Crippen LogP contribution in [0.4, 0.5) is 0 Å². The number of rotatable bonds is 4. The first-order valence-corrected chi connectivity index (χ1v) is 12.2. The second kappa shape index (κ2) is 8.22. The molecule has 9 heteroatoms. The topological polar surface area (TPSA) is 92.2 Å². The number of likely N-dealkylation sites (tertiary alicyclic amines) is 1. The predicted octanol–water partition coefficient (Wildman–Crippen LogP) is 2.41. The molecule has 0 bridgehead atoms. The smallest absolute Gasteiger partial charge is 0.217 e. The van der Waals surface area contributed by atoms with Gasteiger partial charge in [0, 0.05) is 43.9 Å². The van der Waals surface area contributed by atoms with Crippen LogP contribution in [-0.4, -0.2) is 62.4 Å². The molecule has 31 heavy (non-hydrogen) atoms. The molecule has 0 aliphatic carbocycles. The van der Waals surface area contributed by atoms with Crippen LogP contribution in [0.5, 0.6) is 0 Å². The molecule has 2 fully saturated rings. The van der Waals surface area contributed by atoms with Crippen LogP contribution in [0.1, 0.15) is 37.2 Å². The summed E-state index contributed by atoms with van der Waals surface area (Å²) in [6, 6.07) is 8.14. The molecule has 0 radical (unpaired) electrons. The third-order valence-corrected chi connectivity index (χ3v) is 9.04. The maximum absolute atomic E-state index is 13.2. The first kappa shape index (κ1) is 20.4. The highest BCUT2D eigenvalue weighted by atomic mass is 32.2. The average Bonchev–Trinajstić information content (AvgIpc) is 2.93. The zero-order valence-corrected chi connectivity index (χ0v) is 18.3. The molecule has 162 valence electrons. The van der Waals surface area contributed by atoms with Gasteiger partial charge in [-0.05, 0) is 56.0 Å². The van der Waals surface area contributed by atoms with E-state index < -0.39 is 10.0 Å². The summed E-state index contributed by atoms with van der Waals surface area (Å²) in [7, 11) is -3.34. The fraction of sp³-hybridized carbons (Fsp3) is 0.455. The van der Waals surface area contributed by atoms with Gasteiger partial charge >= 0.3 is 0 Å². The van der Waals surface area contributed by atoms with Crippen LogP contribution in [0.25, 0.3) is 11.0 Å². The fourth-order valence-electron chi connectivity index (χ4n) is 4.88. The number of nitrogens with zero attached hydrogens (tertiary/aromatic N) is 6. The van der Waals surface area contributed by atoms with Crippen molar-refractivity contribution in [1.29, 1.82) is 0 Å². The Labute approximate surface area is 182 Å². The fourth-order valence-corrected chi connectivity index (χ4v) is 7.07. The molecule has 5 rings (SSSR count). The lowest BCUT2D eigenvalue weighted by Crippen LogP contribution is -2.33. The molecule has 2 aliphatic heterocycles. The van der Waals surface area contributed by atoms with E-state index in [0.29, 0.717) is 18.8 Å². The zero-order valence-electron chi connectivity index (χ0n) is 17.5. The minimum atomic E-state index is -3.34. The summed E-state index contributed by atoms with van der Waals surface area (Å²) >= 11 is 0. The molecule has 8 nitrogen and oxygen atoms in total. The molecule has 2 saturated heterocycles. The van der Waals surface area contributed by atoms with E-state index in [2.05, 4.69) is 43.9 Å². The molecule has 3 unspecified atom stereocenters. The van der Waals surface area contributed by atoms with Crippen molar-refractivity contribution in [1.82, 2.24) is 29.1 Å². The summed E-state index contributed by atoms with van der Waals surface area (Å²) in [6.45, 7) is 4.64. The Hall–Kier alpha value is -2.49. The lowest BCUT2D eigenvalue weighted by atomic mass is 10.0. The molecular formula is C22H26N6O2S. The van der Waals surface area contributed by atoms with Crippen molar-refractivity contribution in [2.24, 2.45) is 5.92 Å². The minimum Gasteiger partial charge on any atom is -0.297 e. The third-order valence-electron chi connectivity index (χ3n) is 6.65. The predicted molar refractivity (Wildman–Crippen MR) is 117 cm³/mol. The van der Waals surface area contributed by atoms with Gasteiger partial charge in [0.05, 0.1) is 22.8 Å². The van der Waals surface area contributed by atoms with E-state index in [1.807, 2.05) is 6.07 Å². The van der Waals surface area contributed by atoms with E-state index >= 15 is 0 Å². The Kier molecular flexibility index (Phi) is 5.41. The van der Waals surface area contributed by atoms with Gasteiger partial charge in [0.15, 0.2) is 0 Å². The van der Waals surface area contributed by atoms with E-state index in [4.69, 9.17) is 0 Å². The molecule has 3 atom stereocenters. The lowest BCUT2D eigenvalue weighted by Gasteiger charge is -2.28. The van der Waals surface area contributed by atoms with Crippen molar-refractivity contribution in [3.8, 4) is 0 Å². The maximum atomic E-state index is 13.2. The van der Waals surface area contributed by atoms with Gasteiger partial charge in [-0.25, -0.2) is 18.4 Å². The highest BCUT2D eigenvalue weighted by Gasteiger charge is 2.47. The van der Waals surface area contributed by atoms with E-state index in [1.165, 1.54) is 5.56 Å². The van der Waals surface area contributed by atoms with Crippen LogP contribution < -0.4 is 0 Å². The van der Waals surface area contributed by atoms with Gasteiger partial charge in [-0.15, -0.1) is 0 Å². The number of fused-ring (bicyclic) bond motifs is 2. The first-order chi connectivity index (χ1) is 15.0. The molecule has 0 saturated carbocycles. The second-order valence-corrected chi connectivity index (χ2v) is 10.5. The summed E-state index contributed by atoms with van der Waals surface area (Å²) in [5.74, 6) is 0.700. The molecule has 0 amide bonds. The number of aromatic nitrogens is 4. The monoisotopic (exact) mass is 438 g/mol. The molecular weight excluding hydrogens is 412 g/mol. The number of sulfonamides is 1. The number of benzene rings is 1. The van der Waals surface area contributed by atoms with Crippen LogP contribution in [0.2, 0.25) is 0 Å². The highest BCUT2D eigenvalue weighted by molar-refractivity contribution is 7.90.